The third-order valence-corrected chi connectivity index (χ3v) is 4.31. The van der Waals surface area contributed by atoms with E-state index in [1.807, 2.05) is 5.32 Å². The van der Waals surface area contributed by atoms with E-state index < -0.39 is 35.5 Å². The van der Waals surface area contributed by atoms with E-state index >= 15 is 0 Å². The van der Waals surface area contributed by atoms with Gasteiger partial charge in [-0.05, 0) is 37.3 Å². The van der Waals surface area contributed by atoms with Crippen LogP contribution in [-0.4, -0.2) is 29.8 Å². The number of nitrogens with one attached hydrogen (secondary N) is 3. The van der Waals surface area contributed by atoms with Gasteiger partial charge < -0.3 is 20.0 Å². The van der Waals surface area contributed by atoms with Gasteiger partial charge >= 0.3 is 12.3 Å². The number of rotatable bonds is 7. The highest BCUT2D eigenvalue weighted by Crippen LogP contribution is 2.42. The fourth-order valence-electron chi connectivity index (χ4n) is 2.30. The van der Waals surface area contributed by atoms with Gasteiger partial charge in [0.05, 0.1) is 28.4 Å². The largest absolute Gasteiger partial charge is 0.507 e. The predicted molar refractivity (Wildman–Crippen MR) is 111 cm³/mol. The first kappa shape index (κ1) is 25.9. The fourth-order valence-corrected chi connectivity index (χ4v) is 2.87. The summed E-state index contributed by atoms with van der Waals surface area (Å²) in [6, 6.07) is 5.08. The van der Waals surface area contributed by atoms with E-state index in [0.717, 1.165) is 12.1 Å². The molecule has 0 saturated carbocycles. The first-order valence-electron chi connectivity index (χ1n) is 8.92. The minimum absolute atomic E-state index is 0.0229. The number of alkyl halides is 3. The molecule has 176 valence electrons. The Balaban J connectivity index is 2.13. The number of imide groups is 1. The van der Waals surface area contributed by atoms with E-state index in [9.17, 15) is 27.9 Å². The molecule has 0 radical (unpaired) electrons. The molecule has 2 amide bonds. The van der Waals surface area contributed by atoms with Crippen molar-refractivity contribution >= 4 is 40.9 Å². The normalized spacial score (nSPS) is 11.8. The van der Waals surface area contributed by atoms with Gasteiger partial charge in [-0.25, -0.2) is 10.2 Å². The zero-order chi connectivity index (χ0) is 24.8. The molecule has 0 fully saturated rings. The van der Waals surface area contributed by atoms with Crippen molar-refractivity contribution in [2.24, 2.45) is 0 Å². The number of carbonyl (C=O) groups is 2. The summed E-state index contributed by atoms with van der Waals surface area (Å²) in [5.41, 5.74) is 3.69. The van der Waals surface area contributed by atoms with Crippen molar-refractivity contribution in [3.05, 3.63) is 45.9 Å². The van der Waals surface area contributed by atoms with E-state index in [1.165, 1.54) is 19.1 Å². The molecule has 14 heteroatoms. The predicted octanol–water partition coefficient (Wildman–Crippen LogP) is 4.59. The standard InChI is InChI=1S/C19H15Cl2F3N4O5/c1-2-32-18(31)26-17(30)14(8-25)28-27-9-5-12(20)16(13(21)6-9)33-10-3-4-15(29)11(7-10)19(22,23)24/h3-7,14,27-29H,2H2,1H3,(H,26,30,31). The molecule has 9 nitrogen and oxygen atoms in total. The Kier molecular flexibility index (Phi) is 8.58. The average Bonchev–Trinajstić information content (AvgIpc) is 2.71. The van der Waals surface area contributed by atoms with E-state index in [-0.39, 0.29) is 33.8 Å². The molecule has 1 unspecified atom stereocenters. The van der Waals surface area contributed by atoms with Crippen molar-refractivity contribution in [2.45, 2.75) is 19.1 Å². The summed E-state index contributed by atoms with van der Waals surface area (Å²) in [4.78, 5) is 23.2. The highest BCUT2D eigenvalue weighted by Gasteiger charge is 2.34. The fraction of sp³-hybridized carbons (Fsp3) is 0.211. The van der Waals surface area contributed by atoms with Crippen LogP contribution in [0.25, 0.3) is 0 Å². The molecular weight excluding hydrogens is 492 g/mol. The van der Waals surface area contributed by atoms with Crippen LogP contribution in [0.5, 0.6) is 17.2 Å². The van der Waals surface area contributed by atoms with Crippen molar-refractivity contribution in [1.29, 1.82) is 5.26 Å². The van der Waals surface area contributed by atoms with Crippen LogP contribution >= 0.6 is 23.2 Å². The van der Waals surface area contributed by atoms with Crippen LogP contribution in [0, 0.1) is 11.3 Å². The molecule has 0 aromatic heterocycles. The Hall–Kier alpha value is -3.40. The van der Waals surface area contributed by atoms with Crippen LogP contribution in [0.2, 0.25) is 10.0 Å². The van der Waals surface area contributed by atoms with Crippen LogP contribution in [0.1, 0.15) is 12.5 Å². The zero-order valence-corrected chi connectivity index (χ0v) is 18.1. The molecule has 4 N–H and O–H groups in total. The third-order valence-electron chi connectivity index (χ3n) is 3.74. The Morgan fingerprint density at radius 3 is 2.39 bits per heavy atom. The molecule has 2 aromatic rings. The summed E-state index contributed by atoms with van der Waals surface area (Å²) >= 11 is 12.2. The number of nitrogens with zero attached hydrogens (tertiary/aromatic N) is 1. The van der Waals surface area contributed by atoms with Gasteiger partial charge in [-0.1, -0.05) is 23.2 Å². The van der Waals surface area contributed by atoms with Crippen molar-refractivity contribution in [2.75, 3.05) is 12.0 Å². The maximum atomic E-state index is 13.0. The second-order valence-electron chi connectivity index (χ2n) is 6.09. The van der Waals surface area contributed by atoms with Crippen LogP contribution in [-0.2, 0) is 15.7 Å². The monoisotopic (exact) mass is 506 g/mol. The summed E-state index contributed by atoms with van der Waals surface area (Å²) in [6.45, 7) is 1.55. The molecule has 0 spiro atoms. The molecule has 2 rings (SSSR count). The van der Waals surface area contributed by atoms with Gasteiger partial charge in [0.2, 0.25) is 0 Å². The SMILES string of the molecule is CCOC(=O)NC(=O)C(C#N)NNc1cc(Cl)c(Oc2ccc(O)c(C(F)(F)F)c2)c(Cl)c1. The molecule has 0 saturated heterocycles. The van der Waals surface area contributed by atoms with Crippen LogP contribution in [0.4, 0.5) is 23.7 Å². The number of aromatic hydroxyl groups is 1. The summed E-state index contributed by atoms with van der Waals surface area (Å²) in [7, 11) is 0. The quantitative estimate of drug-likeness (QED) is 0.400. The highest BCUT2D eigenvalue weighted by atomic mass is 35.5. The Morgan fingerprint density at radius 1 is 1.21 bits per heavy atom. The minimum atomic E-state index is -4.81. The summed E-state index contributed by atoms with van der Waals surface area (Å²) < 4.78 is 48.8. The zero-order valence-electron chi connectivity index (χ0n) is 16.6. The number of carbonyl (C=O) groups excluding carboxylic acids is 2. The molecule has 0 aliphatic carbocycles. The first-order chi connectivity index (χ1) is 15.5. The number of halogens is 5. The van der Waals surface area contributed by atoms with Gasteiger partial charge in [-0.3, -0.25) is 10.1 Å². The van der Waals surface area contributed by atoms with Gasteiger partial charge in [0, 0.05) is 0 Å². The molecule has 1 atom stereocenters. The number of nitriles is 1. The molecule has 0 aliphatic rings. The smallest absolute Gasteiger partial charge is 0.420 e. The van der Waals surface area contributed by atoms with E-state index in [2.05, 4.69) is 15.6 Å². The van der Waals surface area contributed by atoms with Gasteiger partial charge in [0.25, 0.3) is 5.91 Å². The van der Waals surface area contributed by atoms with Crippen molar-refractivity contribution < 1.29 is 37.3 Å². The number of benzene rings is 2. The number of hydrogen-bond donors (Lipinski definition) is 4. The number of amides is 2. The lowest BCUT2D eigenvalue weighted by molar-refractivity contribution is -0.138. The topological polar surface area (TPSA) is 133 Å². The summed E-state index contributed by atoms with van der Waals surface area (Å²) in [5, 5.41) is 20.1. The summed E-state index contributed by atoms with van der Waals surface area (Å²) in [5.74, 6) is -2.44. The van der Waals surface area contributed by atoms with Gasteiger partial charge in [0.1, 0.15) is 17.1 Å². The van der Waals surface area contributed by atoms with Gasteiger partial charge in [-0.15, -0.1) is 0 Å². The van der Waals surface area contributed by atoms with E-state index in [4.69, 9.17) is 33.2 Å². The Labute approximate surface area is 195 Å². The molecule has 0 heterocycles. The number of phenols is 1. The van der Waals surface area contributed by atoms with Crippen molar-refractivity contribution in [3.63, 3.8) is 0 Å². The second kappa shape index (κ2) is 11.0. The second-order valence-corrected chi connectivity index (χ2v) is 6.90. The molecule has 33 heavy (non-hydrogen) atoms. The minimum Gasteiger partial charge on any atom is -0.507 e. The van der Waals surface area contributed by atoms with Crippen LogP contribution < -0.4 is 20.9 Å². The number of hydrogen-bond acceptors (Lipinski definition) is 8. The van der Waals surface area contributed by atoms with Gasteiger partial charge in [0.15, 0.2) is 11.8 Å². The van der Waals surface area contributed by atoms with Crippen LogP contribution in [0.3, 0.4) is 0 Å². The Bertz CT molecular complexity index is 1070. The maximum absolute atomic E-state index is 13.0. The number of hydrazine groups is 1. The molecule has 2 aromatic carbocycles. The van der Waals surface area contributed by atoms with Gasteiger partial charge in [-0.2, -0.15) is 18.4 Å². The maximum Gasteiger partial charge on any atom is 0.420 e. The number of anilines is 1. The Morgan fingerprint density at radius 2 is 1.85 bits per heavy atom. The van der Waals surface area contributed by atoms with E-state index in [1.54, 1.807) is 6.07 Å². The lowest BCUT2D eigenvalue weighted by atomic mass is 10.2. The molecule has 0 bridgehead atoms. The molecular formula is C19H15Cl2F3N4O5. The third kappa shape index (κ3) is 7.04. The van der Waals surface area contributed by atoms with Crippen LogP contribution in [0.15, 0.2) is 30.3 Å². The average molecular weight is 507 g/mol. The lowest BCUT2D eigenvalue weighted by Gasteiger charge is -2.16. The number of phenolic OH excluding ortho intramolecular Hbond substituents is 1. The summed E-state index contributed by atoms with van der Waals surface area (Å²) in [6.07, 6.45) is -5.84. The highest BCUT2D eigenvalue weighted by molar-refractivity contribution is 6.37. The van der Waals surface area contributed by atoms with E-state index in [0.29, 0.717) is 6.07 Å². The lowest BCUT2D eigenvalue weighted by Crippen LogP contribution is -2.47. The van der Waals surface area contributed by atoms with Crippen molar-refractivity contribution in [3.8, 4) is 23.3 Å². The number of ether oxygens (including phenoxy) is 2. The first-order valence-corrected chi connectivity index (χ1v) is 9.67. The molecule has 0 aliphatic heterocycles. The number of alkyl carbamates (subject to hydrolysis) is 1. The van der Waals surface area contributed by atoms with Crippen molar-refractivity contribution in [1.82, 2.24) is 10.7 Å².